The zero-order chi connectivity index (χ0) is 26.9. The van der Waals surface area contributed by atoms with Crippen molar-refractivity contribution in [1.82, 2.24) is 24.6 Å². The number of nitrogen functional groups attached to an aromatic ring is 1. The lowest BCUT2D eigenvalue weighted by molar-refractivity contribution is -0.130. The van der Waals surface area contributed by atoms with Crippen LogP contribution in [-0.2, 0) is 4.79 Å². The zero-order valence-electron chi connectivity index (χ0n) is 22.0. The summed E-state index contributed by atoms with van der Waals surface area (Å²) in [5, 5.41) is 8.71. The van der Waals surface area contributed by atoms with Crippen molar-refractivity contribution in [3.8, 4) is 16.9 Å². The van der Waals surface area contributed by atoms with Gasteiger partial charge >= 0.3 is 0 Å². The van der Waals surface area contributed by atoms with Crippen molar-refractivity contribution in [2.45, 2.75) is 58.7 Å². The molecular formula is C26H35ClN8O2. The number of carbonyl (C=O) groups excluding carboxylic acids is 1. The summed E-state index contributed by atoms with van der Waals surface area (Å²) in [7, 11) is 1.65. The summed E-state index contributed by atoms with van der Waals surface area (Å²) in [6.07, 6.45) is 7.03. The molecule has 11 heteroatoms. The van der Waals surface area contributed by atoms with Gasteiger partial charge < -0.3 is 26.4 Å². The molecule has 5 N–H and O–H groups in total. The van der Waals surface area contributed by atoms with Gasteiger partial charge in [0.2, 0.25) is 5.91 Å². The van der Waals surface area contributed by atoms with E-state index in [2.05, 4.69) is 20.4 Å². The van der Waals surface area contributed by atoms with Crippen LogP contribution in [0.5, 0.6) is 5.75 Å². The molecule has 198 valence electrons. The molecule has 37 heavy (non-hydrogen) atoms. The van der Waals surface area contributed by atoms with Gasteiger partial charge in [0.25, 0.3) is 0 Å². The zero-order valence-corrected chi connectivity index (χ0v) is 22.7. The van der Waals surface area contributed by atoms with Crippen molar-refractivity contribution in [3.05, 3.63) is 46.5 Å². The molecule has 2 unspecified atom stereocenters. The van der Waals surface area contributed by atoms with Gasteiger partial charge in [0, 0.05) is 54.0 Å². The van der Waals surface area contributed by atoms with E-state index in [1.807, 2.05) is 48.8 Å². The van der Waals surface area contributed by atoms with E-state index in [0.29, 0.717) is 28.0 Å². The summed E-state index contributed by atoms with van der Waals surface area (Å²) in [6, 6.07) is 1.57. The van der Waals surface area contributed by atoms with Crippen LogP contribution in [0, 0.1) is 6.92 Å². The van der Waals surface area contributed by atoms with Crippen LogP contribution in [-0.4, -0.2) is 50.8 Å². The van der Waals surface area contributed by atoms with Gasteiger partial charge in [-0.1, -0.05) is 11.6 Å². The average molecular weight is 527 g/mol. The molecule has 0 spiro atoms. The molecule has 2 atom stereocenters. The van der Waals surface area contributed by atoms with Crippen molar-refractivity contribution >= 4 is 29.1 Å². The summed E-state index contributed by atoms with van der Waals surface area (Å²) < 4.78 is 7.95. The van der Waals surface area contributed by atoms with E-state index in [1.165, 1.54) is 6.33 Å². The predicted octanol–water partition coefficient (Wildman–Crippen LogP) is 4.27. The van der Waals surface area contributed by atoms with Crippen molar-refractivity contribution in [2.75, 3.05) is 31.2 Å². The van der Waals surface area contributed by atoms with Crippen LogP contribution in [0.1, 0.15) is 68.4 Å². The first-order valence-electron chi connectivity index (χ1n) is 12.4. The van der Waals surface area contributed by atoms with Gasteiger partial charge in [-0.25, -0.2) is 9.97 Å². The first-order valence-corrected chi connectivity index (χ1v) is 12.8. The van der Waals surface area contributed by atoms with E-state index in [1.54, 1.807) is 14.0 Å². The lowest BCUT2D eigenvalue weighted by Crippen LogP contribution is -2.37. The smallest absolute Gasteiger partial charge is 0.219 e. The topological polar surface area (TPSA) is 137 Å². The fourth-order valence-corrected chi connectivity index (χ4v) is 5.21. The van der Waals surface area contributed by atoms with Crippen LogP contribution in [0.4, 0.5) is 11.6 Å². The van der Waals surface area contributed by atoms with Gasteiger partial charge in [-0.2, -0.15) is 5.10 Å². The number of piperidine rings is 1. The van der Waals surface area contributed by atoms with Gasteiger partial charge in [-0.3, -0.25) is 9.48 Å². The fourth-order valence-electron chi connectivity index (χ4n) is 5.00. The number of carbonyl (C=O) groups is 1. The second kappa shape index (κ2) is 10.9. The molecular weight excluding hydrogens is 492 g/mol. The quantitative estimate of drug-likeness (QED) is 0.415. The molecule has 1 saturated heterocycles. The number of anilines is 2. The van der Waals surface area contributed by atoms with Crippen LogP contribution < -0.4 is 21.5 Å². The first-order chi connectivity index (χ1) is 17.6. The van der Waals surface area contributed by atoms with Crippen molar-refractivity contribution in [1.29, 1.82) is 0 Å². The highest BCUT2D eigenvalue weighted by atomic mass is 35.5. The number of halogens is 1. The molecule has 2 aromatic heterocycles. The molecule has 3 heterocycles. The number of nitrogens with two attached hydrogens (primary N) is 2. The third kappa shape index (κ3) is 5.35. The molecule has 1 aliphatic rings. The molecule has 0 radical (unpaired) electrons. The monoisotopic (exact) mass is 526 g/mol. The van der Waals surface area contributed by atoms with E-state index in [4.69, 9.17) is 27.8 Å². The Hall–Kier alpha value is -3.37. The third-order valence-corrected chi connectivity index (χ3v) is 7.47. The number of likely N-dealkylation sites (tertiary alicyclic amines) is 1. The Balaban J connectivity index is 1.67. The van der Waals surface area contributed by atoms with Gasteiger partial charge in [0.05, 0.1) is 31.0 Å². The molecule has 1 fully saturated rings. The predicted molar refractivity (Wildman–Crippen MR) is 146 cm³/mol. The van der Waals surface area contributed by atoms with E-state index < -0.39 is 0 Å². The van der Waals surface area contributed by atoms with E-state index in [-0.39, 0.29) is 24.0 Å². The standard InChI is InChI=1S/C26H35ClN8O2/c1-14-21(27)10-20(16(3)33-26-23(15(2)28)25(29)30-13-31-26)24(37-5)22(14)18-11-32-35(12-18)19-6-8-34(9-7-19)17(4)36/h10-13,15-16,19H,6-9,28H2,1-5H3,(H3,29,30,31,33). The molecule has 1 amide bonds. The van der Waals surface area contributed by atoms with Gasteiger partial charge in [-0.15, -0.1) is 0 Å². The van der Waals surface area contributed by atoms with E-state index in [9.17, 15) is 4.79 Å². The van der Waals surface area contributed by atoms with Crippen molar-refractivity contribution < 1.29 is 9.53 Å². The molecule has 1 aliphatic heterocycles. The molecule has 0 saturated carbocycles. The Morgan fingerprint density at radius 1 is 1.27 bits per heavy atom. The number of hydrogen-bond acceptors (Lipinski definition) is 8. The number of hydrogen-bond donors (Lipinski definition) is 3. The van der Waals surface area contributed by atoms with E-state index in [0.717, 1.165) is 48.2 Å². The summed E-state index contributed by atoms with van der Waals surface area (Å²) in [5.74, 6) is 1.74. The summed E-state index contributed by atoms with van der Waals surface area (Å²) in [6.45, 7) is 8.91. The number of nitrogens with one attached hydrogen (secondary N) is 1. The third-order valence-electron chi connectivity index (χ3n) is 7.07. The van der Waals surface area contributed by atoms with E-state index >= 15 is 0 Å². The minimum atomic E-state index is -0.344. The Morgan fingerprint density at radius 2 is 1.97 bits per heavy atom. The maximum atomic E-state index is 11.7. The molecule has 0 bridgehead atoms. The fraction of sp³-hybridized carbons (Fsp3) is 0.462. The Morgan fingerprint density at radius 3 is 2.59 bits per heavy atom. The van der Waals surface area contributed by atoms with Crippen LogP contribution >= 0.6 is 11.6 Å². The Kier molecular flexibility index (Phi) is 7.89. The maximum Gasteiger partial charge on any atom is 0.219 e. The Bertz CT molecular complexity index is 1280. The second-order valence-corrected chi connectivity index (χ2v) is 10.0. The minimum Gasteiger partial charge on any atom is -0.496 e. The highest BCUT2D eigenvalue weighted by molar-refractivity contribution is 6.32. The summed E-state index contributed by atoms with van der Waals surface area (Å²) >= 11 is 6.74. The summed E-state index contributed by atoms with van der Waals surface area (Å²) in [4.78, 5) is 22.0. The van der Waals surface area contributed by atoms with Crippen LogP contribution in [0.15, 0.2) is 24.8 Å². The van der Waals surface area contributed by atoms with Crippen LogP contribution in [0.3, 0.4) is 0 Å². The first kappa shape index (κ1) is 26.7. The highest BCUT2D eigenvalue weighted by Gasteiger charge is 2.26. The summed E-state index contributed by atoms with van der Waals surface area (Å²) in [5.41, 5.74) is 16.5. The van der Waals surface area contributed by atoms with Gasteiger partial charge in [0.15, 0.2) is 0 Å². The molecule has 3 aromatic rings. The largest absolute Gasteiger partial charge is 0.496 e. The highest BCUT2D eigenvalue weighted by Crippen LogP contribution is 2.43. The maximum absolute atomic E-state index is 11.7. The number of benzene rings is 1. The van der Waals surface area contributed by atoms with Gasteiger partial charge in [0.1, 0.15) is 23.7 Å². The van der Waals surface area contributed by atoms with Gasteiger partial charge in [-0.05, 0) is 45.2 Å². The normalized spacial score (nSPS) is 15.9. The number of methoxy groups -OCH3 is 1. The molecule has 10 nitrogen and oxygen atoms in total. The van der Waals surface area contributed by atoms with Crippen LogP contribution in [0.25, 0.3) is 11.1 Å². The van der Waals surface area contributed by atoms with Crippen LogP contribution in [0.2, 0.25) is 5.02 Å². The minimum absolute atomic E-state index is 0.117. The van der Waals surface area contributed by atoms with Crippen molar-refractivity contribution in [3.63, 3.8) is 0 Å². The number of rotatable bonds is 7. The second-order valence-electron chi connectivity index (χ2n) is 9.60. The average Bonchev–Trinajstić information content (AvgIpc) is 3.34. The number of ether oxygens (including phenoxy) is 1. The SMILES string of the molecule is COc1c(C(C)Nc2ncnc(N)c2C(C)N)cc(Cl)c(C)c1-c1cnn(C2CCN(C(C)=O)CC2)c1. The molecule has 0 aliphatic carbocycles. The van der Waals surface area contributed by atoms with Crippen molar-refractivity contribution in [2.24, 2.45) is 5.73 Å². The number of amides is 1. The molecule has 1 aromatic carbocycles. The molecule has 4 rings (SSSR count). The lowest BCUT2D eigenvalue weighted by Gasteiger charge is -2.31. The number of aromatic nitrogens is 4. The lowest BCUT2D eigenvalue weighted by atomic mass is 9.95. The Labute approximate surface area is 222 Å². The number of nitrogens with zero attached hydrogens (tertiary/aromatic N) is 5.